The Morgan fingerprint density at radius 2 is 1.60 bits per heavy atom. The number of para-hydroxylation sites is 2. The maximum atomic E-state index is 2.42. The Labute approximate surface area is 150 Å². The van der Waals surface area contributed by atoms with Gasteiger partial charge < -0.3 is 4.81 Å². The molecule has 0 saturated carbocycles. The number of anilines is 1. The number of aryl methyl sites for hydroxylation is 2. The first kappa shape index (κ1) is 16.0. The molecule has 4 rings (SSSR count). The number of hydrogen-bond donors (Lipinski definition) is 0. The minimum Gasteiger partial charge on any atom is -0.404 e. The van der Waals surface area contributed by atoms with Crippen molar-refractivity contribution in [2.75, 3.05) is 11.9 Å². The molecule has 0 saturated heterocycles. The highest BCUT2D eigenvalue weighted by Gasteiger charge is 2.38. The molecule has 25 heavy (non-hydrogen) atoms. The van der Waals surface area contributed by atoms with Crippen molar-refractivity contribution >= 4 is 34.6 Å². The Kier molecular flexibility index (Phi) is 3.68. The summed E-state index contributed by atoms with van der Waals surface area (Å²) in [6.45, 7) is 7.00. The van der Waals surface area contributed by atoms with Crippen LogP contribution in [0.15, 0.2) is 60.1 Å². The number of fused-ring (bicyclic) bond motifs is 2. The van der Waals surface area contributed by atoms with Crippen molar-refractivity contribution in [1.29, 1.82) is 0 Å². The average Bonchev–Trinajstić information content (AvgIpc) is 2.64. The number of pyridine rings is 1. The van der Waals surface area contributed by atoms with Gasteiger partial charge in [0.05, 0.1) is 0 Å². The highest BCUT2D eigenvalue weighted by Crippen LogP contribution is 2.35. The van der Waals surface area contributed by atoms with Gasteiger partial charge in [-0.25, -0.2) is 4.57 Å². The molecular weight excluding hydrogens is 303 g/mol. The summed E-state index contributed by atoms with van der Waals surface area (Å²) in [6.07, 6.45) is 0. The number of rotatable bonds is 1. The summed E-state index contributed by atoms with van der Waals surface area (Å²) in [7, 11) is 4.40. The van der Waals surface area contributed by atoms with E-state index in [4.69, 9.17) is 0 Å². The van der Waals surface area contributed by atoms with Gasteiger partial charge >= 0.3 is 6.85 Å². The molecule has 124 valence electrons. The van der Waals surface area contributed by atoms with Gasteiger partial charge in [0.25, 0.3) is 0 Å². The predicted octanol–water partition coefficient (Wildman–Crippen LogP) is 3.65. The first-order valence-corrected chi connectivity index (χ1v) is 8.88. The fraction of sp³-hybridized carbons (Fsp3) is 0.227. The van der Waals surface area contributed by atoms with Gasteiger partial charge in [-0.2, -0.15) is 0 Å². The lowest BCUT2D eigenvalue weighted by Crippen LogP contribution is -2.62. The van der Waals surface area contributed by atoms with Crippen LogP contribution in [-0.2, 0) is 7.05 Å². The molecule has 3 aromatic rings. The van der Waals surface area contributed by atoms with Crippen LogP contribution in [0.1, 0.15) is 25.0 Å². The van der Waals surface area contributed by atoms with Gasteiger partial charge in [-0.1, -0.05) is 35.8 Å². The normalized spacial score (nSPS) is 14.3. The summed E-state index contributed by atoms with van der Waals surface area (Å²) >= 11 is 0. The number of allylic oxidation sites excluding steroid dienone is 2. The Morgan fingerprint density at radius 3 is 2.40 bits per heavy atom. The van der Waals surface area contributed by atoms with E-state index in [2.05, 4.69) is 98.8 Å². The number of benzene rings is 2. The van der Waals surface area contributed by atoms with Gasteiger partial charge in [0.15, 0.2) is 5.59 Å². The van der Waals surface area contributed by atoms with Gasteiger partial charge in [0.2, 0.25) is 5.52 Å². The molecule has 0 amide bonds. The molecule has 1 aliphatic rings. The minimum atomic E-state index is 0.253. The molecule has 0 unspecified atom stereocenters. The van der Waals surface area contributed by atoms with Crippen LogP contribution in [0.5, 0.6) is 0 Å². The highest BCUT2D eigenvalue weighted by molar-refractivity contribution is 6.83. The van der Waals surface area contributed by atoms with E-state index in [0.717, 1.165) is 0 Å². The van der Waals surface area contributed by atoms with Crippen LogP contribution in [-0.4, -0.2) is 13.9 Å². The van der Waals surface area contributed by atoms with Crippen LogP contribution in [0.3, 0.4) is 0 Å². The fourth-order valence-corrected chi connectivity index (χ4v) is 4.26. The lowest BCUT2D eigenvalue weighted by molar-refractivity contribution is -0.627. The van der Waals surface area contributed by atoms with Gasteiger partial charge in [-0.3, -0.25) is 0 Å². The maximum absolute atomic E-state index is 2.42. The number of aromatic nitrogens is 1. The van der Waals surface area contributed by atoms with Crippen LogP contribution >= 0.6 is 0 Å². The molecule has 0 radical (unpaired) electrons. The van der Waals surface area contributed by atoms with Crippen molar-refractivity contribution in [3.05, 3.63) is 71.2 Å². The fourth-order valence-electron chi connectivity index (χ4n) is 4.26. The van der Waals surface area contributed by atoms with Gasteiger partial charge in [-0.15, -0.1) is 0 Å². The molecule has 3 heteroatoms. The van der Waals surface area contributed by atoms with Crippen LogP contribution in [0.25, 0.3) is 16.5 Å². The number of nitrogens with zero attached hydrogens (tertiary/aromatic N) is 2. The quantitative estimate of drug-likeness (QED) is 0.489. The third-order valence-corrected chi connectivity index (χ3v) is 5.80. The minimum absolute atomic E-state index is 0.253. The SMILES string of the molecule is CC1=C(C)c2ccccc2N(C)B1c1cc(C)c2ccccc2[n+]1C. The zero-order valence-corrected chi connectivity index (χ0v) is 15.7. The van der Waals surface area contributed by atoms with E-state index in [1.54, 1.807) is 0 Å². The van der Waals surface area contributed by atoms with Crippen molar-refractivity contribution in [3.63, 3.8) is 0 Å². The molecule has 0 fully saturated rings. The van der Waals surface area contributed by atoms with E-state index in [1.807, 2.05) is 0 Å². The molecule has 2 aromatic carbocycles. The van der Waals surface area contributed by atoms with Crippen LogP contribution in [0.2, 0.25) is 0 Å². The topological polar surface area (TPSA) is 7.12 Å². The van der Waals surface area contributed by atoms with Gasteiger partial charge in [-0.05, 0) is 56.7 Å². The molecule has 1 aromatic heterocycles. The first-order chi connectivity index (χ1) is 12.0. The largest absolute Gasteiger partial charge is 0.404 e. The second-order valence-electron chi connectivity index (χ2n) is 7.17. The monoisotopic (exact) mass is 327 g/mol. The molecule has 0 N–H and O–H groups in total. The summed E-state index contributed by atoms with van der Waals surface area (Å²) in [5.74, 6) is 0. The Bertz CT molecular complexity index is 1020. The summed E-state index contributed by atoms with van der Waals surface area (Å²) < 4.78 is 2.36. The van der Waals surface area contributed by atoms with E-state index in [9.17, 15) is 0 Å². The Balaban J connectivity index is 1.98. The molecule has 0 atom stereocenters. The van der Waals surface area contributed by atoms with Gasteiger partial charge in [0, 0.05) is 23.2 Å². The summed E-state index contributed by atoms with van der Waals surface area (Å²) in [5, 5.41) is 1.32. The third kappa shape index (κ3) is 2.30. The molecule has 2 nitrogen and oxygen atoms in total. The molecular formula is C22H24BN2+. The van der Waals surface area contributed by atoms with E-state index in [-0.39, 0.29) is 6.85 Å². The van der Waals surface area contributed by atoms with Crippen molar-refractivity contribution in [3.8, 4) is 0 Å². The van der Waals surface area contributed by atoms with E-state index in [0.29, 0.717) is 0 Å². The van der Waals surface area contributed by atoms with Crippen molar-refractivity contribution in [2.45, 2.75) is 20.8 Å². The summed E-state index contributed by atoms with van der Waals surface area (Å²) in [4.78, 5) is 2.42. The maximum Gasteiger partial charge on any atom is 0.399 e. The second-order valence-corrected chi connectivity index (χ2v) is 7.17. The van der Waals surface area contributed by atoms with Crippen LogP contribution < -0.4 is 15.0 Å². The van der Waals surface area contributed by atoms with E-state index >= 15 is 0 Å². The van der Waals surface area contributed by atoms with Gasteiger partial charge in [0.1, 0.15) is 7.05 Å². The van der Waals surface area contributed by atoms with Crippen LogP contribution in [0.4, 0.5) is 5.69 Å². The second kappa shape index (κ2) is 5.77. The predicted molar refractivity (Wildman–Crippen MR) is 108 cm³/mol. The molecule has 0 bridgehead atoms. The van der Waals surface area contributed by atoms with Crippen molar-refractivity contribution < 1.29 is 4.57 Å². The summed E-state index contributed by atoms with van der Waals surface area (Å²) in [5.41, 5.74) is 9.43. The summed E-state index contributed by atoms with van der Waals surface area (Å²) in [6, 6.07) is 19.7. The standard InChI is InChI=1S/C22H24BN2/c1-15-14-22(24(4)20-12-8-6-10-18(15)20)23-17(3)16(2)19-11-7-9-13-21(19)25(23)5/h6-14H,1-5H3/q+1. The Morgan fingerprint density at radius 1 is 0.920 bits per heavy atom. The van der Waals surface area contributed by atoms with Crippen LogP contribution in [0, 0.1) is 6.92 Å². The molecule has 0 aliphatic carbocycles. The third-order valence-electron chi connectivity index (χ3n) is 5.80. The zero-order valence-electron chi connectivity index (χ0n) is 15.7. The first-order valence-electron chi connectivity index (χ1n) is 8.88. The van der Waals surface area contributed by atoms with E-state index in [1.165, 1.54) is 44.4 Å². The lowest BCUT2D eigenvalue weighted by atomic mass is 9.48. The highest BCUT2D eigenvalue weighted by atomic mass is 15.1. The lowest BCUT2D eigenvalue weighted by Gasteiger charge is -2.34. The van der Waals surface area contributed by atoms with Crippen molar-refractivity contribution in [1.82, 2.24) is 0 Å². The smallest absolute Gasteiger partial charge is 0.399 e. The Hall–Kier alpha value is -2.55. The zero-order chi connectivity index (χ0) is 17.7. The number of hydrogen-bond acceptors (Lipinski definition) is 1. The van der Waals surface area contributed by atoms with Crippen molar-refractivity contribution in [2.24, 2.45) is 7.05 Å². The molecule has 2 heterocycles. The molecule has 1 aliphatic heterocycles. The molecule has 0 spiro atoms. The van der Waals surface area contributed by atoms with E-state index < -0.39 is 0 Å². The average molecular weight is 327 g/mol.